The zero-order valence-corrected chi connectivity index (χ0v) is 27.9. The number of rotatable bonds is 8. The number of unbranched alkanes of at least 4 members (excludes halogenated alkanes) is 1. The van der Waals surface area contributed by atoms with E-state index in [4.69, 9.17) is 14.2 Å². The maximum absolute atomic E-state index is 10.8. The molecule has 7 nitrogen and oxygen atoms in total. The molecule has 3 radical (unpaired) electrons. The number of carbonyl (C=O) groups excluding carboxylic acids is 1. The Balaban J connectivity index is -0.00000133. The van der Waals surface area contributed by atoms with Crippen LogP contribution in [0.1, 0.15) is 26.2 Å². The average Bonchev–Trinajstić information content (AvgIpc) is 2.42. The number of ether oxygens (including phenoxy) is 3. The predicted molar refractivity (Wildman–Crippen MR) is 69.0 cm³/mol. The SMILES string of the molecule is CO[C@@H]1C(CO)O[C@@H](OCCCCC(C)=O)[C@@H](O)C1O.[Ac].[Ac].[Ac]. The molecule has 0 aromatic heterocycles. The van der Waals surface area contributed by atoms with Crippen LogP contribution >= 0.6 is 0 Å². The van der Waals surface area contributed by atoms with Crippen LogP contribution in [0, 0.1) is 132 Å². The number of Topliss-reactive ketones (excluding diaryl/α,β-unsaturated/α-hetero) is 1. The van der Waals surface area contributed by atoms with Crippen molar-refractivity contribution in [2.24, 2.45) is 0 Å². The maximum Gasteiger partial charge on any atom is 0.186 e. The predicted octanol–water partition coefficient (Wildman–Crippen LogP) is -0.784. The molecule has 1 aliphatic rings. The number of aliphatic hydroxyl groups excluding tert-OH is 3. The van der Waals surface area contributed by atoms with Gasteiger partial charge in [-0.05, 0) is 19.8 Å². The fraction of sp³-hybridized carbons (Fsp3) is 0.923. The molecule has 0 saturated carbocycles. The third-order valence-corrected chi connectivity index (χ3v) is 3.30. The molecule has 1 rings (SSSR count). The van der Waals surface area contributed by atoms with E-state index in [1.165, 1.54) is 14.0 Å². The number of methoxy groups -OCH3 is 1. The van der Waals surface area contributed by atoms with Crippen LogP contribution in [0.4, 0.5) is 0 Å². The number of aliphatic hydroxyl groups is 3. The standard InChI is InChI=1S/C13H24O7.3Ac/c1-8(15)5-3-4-6-19-13-11(17)10(16)12(18-2)9(7-14)20-13;;;/h9-14,16-17H,3-7H2,1-2H3;;;/t9?,10?,11-,12+,13+;;;/m0.../s1. The van der Waals surface area contributed by atoms with Crippen molar-refractivity contribution in [1.29, 1.82) is 0 Å². The van der Waals surface area contributed by atoms with Crippen molar-refractivity contribution in [3.8, 4) is 0 Å². The molecule has 10 heteroatoms. The molecule has 0 aromatic carbocycles. The second-order valence-electron chi connectivity index (χ2n) is 4.94. The molecule has 2 unspecified atom stereocenters. The van der Waals surface area contributed by atoms with Crippen LogP contribution in [0.15, 0.2) is 0 Å². The third kappa shape index (κ3) is 11.4. The Morgan fingerprint density at radius 3 is 2.22 bits per heavy atom. The topological polar surface area (TPSA) is 105 Å². The summed E-state index contributed by atoms with van der Waals surface area (Å²) in [4.78, 5) is 10.8. The quantitative estimate of drug-likeness (QED) is 0.275. The molecule has 1 heterocycles. The number of ketones is 1. The molecule has 0 amide bonds. The van der Waals surface area contributed by atoms with Gasteiger partial charge in [-0.15, -0.1) is 0 Å². The zero-order valence-electron chi connectivity index (χ0n) is 13.6. The smallest absolute Gasteiger partial charge is 0.186 e. The maximum atomic E-state index is 10.8. The Hall–Kier alpha value is 3.75. The third-order valence-electron chi connectivity index (χ3n) is 3.30. The minimum atomic E-state index is -1.24. The van der Waals surface area contributed by atoms with Crippen LogP contribution in [-0.4, -0.2) is 72.1 Å². The molecule has 0 spiro atoms. The Morgan fingerprint density at radius 2 is 1.74 bits per heavy atom. The van der Waals surface area contributed by atoms with Crippen molar-refractivity contribution in [2.45, 2.75) is 56.9 Å². The molecule has 127 valence electrons. The first-order valence-corrected chi connectivity index (χ1v) is 6.77. The second-order valence-corrected chi connectivity index (χ2v) is 4.94. The fourth-order valence-corrected chi connectivity index (χ4v) is 2.16. The van der Waals surface area contributed by atoms with E-state index in [0.29, 0.717) is 25.9 Å². The first-order valence-electron chi connectivity index (χ1n) is 6.77. The number of carbonyl (C=O) groups is 1. The molecule has 0 bridgehead atoms. The van der Waals surface area contributed by atoms with Crippen molar-refractivity contribution in [3.05, 3.63) is 0 Å². The molecule has 1 saturated heterocycles. The molecule has 5 atom stereocenters. The van der Waals surface area contributed by atoms with Gasteiger partial charge in [-0.25, -0.2) is 0 Å². The van der Waals surface area contributed by atoms with Gasteiger partial charge in [-0.2, -0.15) is 0 Å². The first kappa shape index (κ1) is 31.4. The fourth-order valence-electron chi connectivity index (χ4n) is 2.16. The van der Waals surface area contributed by atoms with E-state index in [-0.39, 0.29) is 145 Å². The van der Waals surface area contributed by atoms with Crippen LogP contribution in [-0.2, 0) is 19.0 Å². The van der Waals surface area contributed by atoms with Crippen molar-refractivity contribution in [3.63, 3.8) is 0 Å². The summed E-state index contributed by atoms with van der Waals surface area (Å²) in [6.45, 7) is 1.49. The van der Waals surface area contributed by atoms with Gasteiger partial charge in [0.25, 0.3) is 0 Å². The van der Waals surface area contributed by atoms with Crippen molar-refractivity contribution < 1.29 is 167 Å². The minimum absolute atomic E-state index is 0. The summed E-state index contributed by atoms with van der Waals surface area (Å²) < 4.78 is 15.7. The molecule has 3 N–H and O–H groups in total. The summed E-state index contributed by atoms with van der Waals surface area (Å²) in [6, 6.07) is 0. The van der Waals surface area contributed by atoms with Crippen LogP contribution in [0.25, 0.3) is 0 Å². The molecular formula is C13H24Ac3O7. The average molecular weight is 973 g/mol. The van der Waals surface area contributed by atoms with Gasteiger partial charge >= 0.3 is 0 Å². The van der Waals surface area contributed by atoms with Crippen LogP contribution in [0.5, 0.6) is 0 Å². The van der Waals surface area contributed by atoms with Crippen LogP contribution < -0.4 is 0 Å². The van der Waals surface area contributed by atoms with E-state index in [0.717, 1.165) is 0 Å². The van der Waals surface area contributed by atoms with Gasteiger partial charge in [0.1, 0.15) is 30.2 Å². The van der Waals surface area contributed by atoms with Gasteiger partial charge < -0.3 is 34.3 Å². The van der Waals surface area contributed by atoms with Crippen LogP contribution in [0.3, 0.4) is 0 Å². The number of hydrogen-bond acceptors (Lipinski definition) is 7. The summed E-state index contributed by atoms with van der Waals surface area (Å²) in [5.74, 6) is 0.123. The largest absolute Gasteiger partial charge is 0.394 e. The van der Waals surface area contributed by atoms with Crippen molar-refractivity contribution in [2.75, 3.05) is 20.3 Å². The van der Waals surface area contributed by atoms with E-state index in [2.05, 4.69) is 0 Å². The Morgan fingerprint density at radius 1 is 1.13 bits per heavy atom. The molecule has 23 heavy (non-hydrogen) atoms. The van der Waals surface area contributed by atoms with Crippen molar-refractivity contribution in [1.82, 2.24) is 0 Å². The monoisotopic (exact) mass is 973 g/mol. The van der Waals surface area contributed by atoms with Gasteiger partial charge in [0.05, 0.1) is 6.61 Å². The van der Waals surface area contributed by atoms with Gasteiger partial charge in [-0.3, -0.25) is 0 Å². The van der Waals surface area contributed by atoms with E-state index < -0.39 is 30.7 Å². The summed E-state index contributed by atoms with van der Waals surface area (Å²) in [7, 11) is 1.37. The molecule has 0 aromatic rings. The van der Waals surface area contributed by atoms with Gasteiger partial charge in [0.2, 0.25) is 0 Å². The van der Waals surface area contributed by atoms with Gasteiger partial charge in [0.15, 0.2) is 6.29 Å². The minimum Gasteiger partial charge on any atom is -0.394 e. The molecule has 1 aliphatic heterocycles. The van der Waals surface area contributed by atoms with Crippen molar-refractivity contribution >= 4 is 5.78 Å². The summed E-state index contributed by atoms with van der Waals surface area (Å²) in [5, 5.41) is 29.0. The Labute approximate surface area is 244 Å². The normalized spacial score (nSPS) is 29.7. The van der Waals surface area contributed by atoms with Gasteiger partial charge in [-0.1, -0.05) is 0 Å². The molecule has 0 aliphatic carbocycles. The van der Waals surface area contributed by atoms with Gasteiger partial charge in [0, 0.05) is 152 Å². The van der Waals surface area contributed by atoms with E-state index >= 15 is 0 Å². The Bertz CT molecular complexity index is 307. The second kappa shape index (κ2) is 17.8. The first-order chi connectivity index (χ1) is 9.51. The summed E-state index contributed by atoms with van der Waals surface area (Å²) in [5.41, 5.74) is 0. The van der Waals surface area contributed by atoms with E-state index in [1.807, 2.05) is 0 Å². The summed E-state index contributed by atoms with van der Waals surface area (Å²) >= 11 is 0. The zero-order chi connectivity index (χ0) is 15.1. The van der Waals surface area contributed by atoms with E-state index in [9.17, 15) is 20.1 Å². The number of hydrogen-bond donors (Lipinski definition) is 3. The summed E-state index contributed by atoms with van der Waals surface area (Å²) in [6.07, 6.45) is -3.14. The Kier molecular flexibility index (Phi) is 24.4. The van der Waals surface area contributed by atoms with Crippen LogP contribution in [0.2, 0.25) is 0 Å². The molecular weight excluding hydrogens is 949 g/mol. The molecule has 1 fully saturated rings. The van der Waals surface area contributed by atoms with E-state index in [1.54, 1.807) is 0 Å².